The van der Waals surface area contributed by atoms with Gasteiger partial charge < -0.3 is 14.9 Å². The van der Waals surface area contributed by atoms with Crippen LogP contribution in [-0.4, -0.2) is 21.4 Å². The van der Waals surface area contributed by atoms with Crippen LogP contribution in [-0.2, 0) is 4.74 Å². The molecule has 21 heavy (non-hydrogen) atoms. The number of nitrogens with two attached hydrogens (primary N) is 1. The van der Waals surface area contributed by atoms with Gasteiger partial charge in [-0.1, -0.05) is 26.8 Å². The van der Waals surface area contributed by atoms with Crippen LogP contribution in [0.5, 0.6) is 5.75 Å². The highest BCUT2D eigenvalue weighted by Gasteiger charge is 2.39. The van der Waals surface area contributed by atoms with E-state index in [1.54, 1.807) is 6.07 Å². The Labute approximate surface area is 128 Å². The summed E-state index contributed by atoms with van der Waals surface area (Å²) in [7, 11) is -0.647. The lowest BCUT2D eigenvalue weighted by atomic mass is 10.1. The number of methoxy groups -OCH3 is 1. The summed E-state index contributed by atoms with van der Waals surface area (Å²) in [6.07, 6.45) is 0. The maximum Gasteiger partial charge on any atom is 0.341 e. The van der Waals surface area contributed by atoms with Gasteiger partial charge in [0, 0.05) is 6.04 Å². The summed E-state index contributed by atoms with van der Waals surface area (Å²) < 4.78 is 11.1. The summed E-state index contributed by atoms with van der Waals surface area (Å²) >= 11 is 0. The third-order valence-electron chi connectivity index (χ3n) is 4.11. The molecule has 0 heterocycles. The molecular formula is C16H27NO3Si. The van der Waals surface area contributed by atoms with Gasteiger partial charge >= 0.3 is 5.97 Å². The van der Waals surface area contributed by atoms with E-state index in [2.05, 4.69) is 33.9 Å². The van der Waals surface area contributed by atoms with Gasteiger partial charge in [0.2, 0.25) is 0 Å². The third-order valence-corrected chi connectivity index (χ3v) is 8.45. The number of rotatable bonds is 4. The predicted octanol–water partition coefficient (Wildman–Crippen LogP) is 3.88. The molecule has 0 aliphatic rings. The standard InChI is InChI=1S/C16H27NO3Si/c1-11(17)12-8-9-14(13(10-12)15(18)19-5)20-21(6,7)16(2,3)4/h8-11H,17H2,1-7H3. The molecule has 0 aliphatic carbocycles. The number of carbonyl (C=O) groups excluding carboxylic acids is 1. The molecule has 1 aromatic rings. The van der Waals surface area contributed by atoms with Crippen molar-refractivity contribution in [1.82, 2.24) is 0 Å². The van der Waals surface area contributed by atoms with Crippen LogP contribution in [0.15, 0.2) is 18.2 Å². The van der Waals surface area contributed by atoms with Gasteiger partial charge in [-0.2, -0.15) is 0 Å². The van der Waals surface area contributed by atoms with Gasteiger partial charge in [0.25, 0.3) is 8.32 Å². The smallest absolute Gasteiger partial charge is 0.341 e. The Morgan fingerprint density at radius 2 is 1.86 bits per heavy atom. The fourth-order valence-corrected chi connectivity index (χ4v) is 2.65. The first-order valence-corrected chi connectivity index (χ1v) is 10.1. The van der Waals surface area contributed by atoms with Gasteiger partial charge in [0.1, 0.15) is 11.3 Å². The minimum atomic E-state index is -2.02. The summed E-state index contributed by atoms with van der Waals surface area (Å²) in [6, 6.07) is 5.35. The summed E-state index contributed by atoms with van der Waals surface area (Å²) in [5, 5.41) is 0.0558. The van der Waals surface area contributed by atoms with E-state index in [-0.39, 0.29) is 11.1 Å². The van der Waals surface area contributed by atoms with Crippen molar-refractivity contribution in [2.24, 2.45) is 5.73 Å². The molecule has 0 bridgehead atoms. The quantitative estimate of drug-likeness (QED) is 0.677. The molecule has 1 unspecified atom stereocenters. The zero-order valence-electron chi connectivity index (χ0n) is 14.1. The van der Waals surface area contributed by atoms with Crippen LogP contribution in [0, 0.1) is 0 Å². The summed E-state index contributed by atoms with van der Waals surface area (Å²) in [5.74, 6) is 0.184. The molecule has 0 fully saturated rings. The van der Waals surface area contributed by atoms with Gasteiger partial charge in [0.05, 0.1) is 7.11 Å². The second kappa shape index (κ2) is 6.20. The Balaban J connectivity index is 3.27. The van der Waals surface area contributed by atoms with Gasteiger partial charge in [0.15, 0.2) is 0 Å². The molecule has 0 saturated carbocycles. The molecule has 5 heteroatoms. The lowest BCUT2D eigenvalue weighted by Gasteiger charge is -2.37. The highest BCUT2D eigenvalue weighted by molar-refractivity contribution is 6.74. The van der Waals surface area contributed by atoms with Crippen molar-refractivity contribution >= 4 is 14.3 Å². The molecule has 0 spiro atoms. The lowest BCUT2D eigenvalue weighted by Crippen LogP contribution is -2.44. The lowest BCUT2D eigenvalue weighted by molar-refractivity contribution is 0.0598. The molecule has 0 saturated heterocycles. The SMILES string of the molecule is COC(=O)c1cc(C(C)N)ccc1O[Si](C)(C)C(C)(C)C. The number of ether oxygens (including phenoxy) is 1. The predicted molar refractivity (Wildman–Crippen MR) is 88.2 cm³/mol. The van der Waals surface area contributed by atoms with Crippen LogP contribution in [0.25, 0.3) is 0 Å². The van der Waals surface area contributed by atoms with Gasteiger partial charge in [-0.15, -0.1) is 0 Å². The fourth-order valence-electron chi connectivity index (χ4n) is 1.62. The van der Waals surface area contributed by atoms with Gasteiger partial charge in [-0.25, -0.2) is 4.79 Å². The van der Waals surface area contributed by atoms with Crippen molar-refractivity contribution in [3.63, 3.8) is 0 Å². The zero-order chi connectivity index (χ0) is 16.4. The van der Waals surface area contributed by atoms with E-state index in [4.69, 9.17) is 14.9 Å². The molecule has 0 amide bonds. The van der Waals surface area contributed by atoms with Crippen molar-refractivity contribution in [3.05, 3.63) is 29.3 Å². The maximum absolute atomic E-state index is 12.0. The van der Waals surface area contributed by atoms with Gasteiger partial charge in [-0.3, -0.25) is 0 Å². The molecular weight excluding hydrogens is 282 g/mol. The first-order valence-electron chi connectivity index (χ1n) is 7.16. The van der Waals surface area contributed by atoms with Gasteiger partial charge in [-0.05, 0) is 42.8 Å². The average Bonchev–Trinajstić information content (AvgIpc) is 2.36. The first-order chi connectivity index (χ1) is 9.49. The van der Waals surface area contributed by atoms with Crippen LogP contribution in [0.1, 0.15) is 49.7 Å². The maximum atomic E-state index is 12.0. The molecule has 1 rings (SSSR count). The van der Waals surface area contributed by atoms with E-state index in [9.17, 15) is 4.79 Å². The largest absolute Gasteiger partial charge is 0.543 e. The highest BCUT2D eigenvalue weighted by Crippen LogP contribution is 2.38. The molecule has 1 atom stereocenters. The van der Waals surface area contributed by atoms with Crippen molar-refractivity contribution in [1.29, 1.82) is 0 Å². The number of benzene rings is 1. The van der Waals surface area contributed by atoms with Crippen LogP contribution in [0.2, 0.25) is 18.1 Å². The van der Waals surface area contributed by atoms with E-state index in [0.29, 0.717) is 11.3 Å². The van der Waals surface area contributed by atoms with E-state index in [0.717, 1.165) is 5.56 Å². The Bertz CT molecular complexity index is 519. The Hall–Kier alpha value is -1.33. The molecule has 2 N–H and O–H groups in total. The first kappa shape index (κ1) is 17.7. The number of hydrogen-bond acceptors (Lipinski definition) is 4. The second-order valence-corrected chi connectivity index (χ2v) is 11.6. The molecule has 0 radical (unpaired) electrons. The molecule has 4 nitrogen and oxygen atoms in total. The van der Waals surface area contributed by atoms with E-state index >= 15 is 0 Å². The summed E-state index contributed by atoms with van der Waals surface area (Å²) in [5.41, 5.74) is 7.22. The zero-order valence-corrected chi connectivity index (χ0v) is 15.1. The monoisotopic (exact) mass is 309 g/mol. The van der Waals surface area contributed by atoms with E-state index in [1.165, 1.54) is 7.11 Å². The minimum absolute atomic E-state index is 0.0558. The van der Waals surface area contributed by atoms with Crippen molar-refractivity contribution in [2.45, 2.75) is 51.9 Å². The normalized spacial score (nSPS) is 13.7. The summed E-state index contributed by atoms with van der Waals surface area (Å²) in [6.45, 7) is 12.7. The van der Waals surface area contributed by atoms with Crippen LogP contribution in [0.4, 0.5) is 0 Å². The highest BCUT2D eigenvalue weighted by atomic mass is 28.4. The Morgan fingerprint density at radius 3 is 2.29 bits per heavy atom. The molecule has 118 valence electrons. The molecule has 1 aromatic carbocycles. The third kappa shape index (κ3) is 4.08. The number of esters is 1. The van der Waals surface area contributed by atoms with Crippen molar-refractivity contribution < 1.29 is 14.0 Å². The second-order valence-electron chi connectivity index (χ2n) is 6.90. The number of hydrogen-bond donors (Lipinski definition) is 1. The molecule has 0 aliphatic heterocycles. The van der Waals surface area contributed by atoms with Crippen molar-refractivity contribution in [2.75, 3.05) is 7.11 Å². The van der Waals surface area contributed by atoms with E-state index < -0.39 is 14.3 Å². The van der Waals surface area contributed by atoms with Crippen LogP contribution in [0.3, 0.4) is 0 Å². The fraction of sp³-hybridized carbons (Fsp3) is 0.562. The van der Waals surface area contributed by atoms with Crippen molar-refractivity contribution in [3.8, 4) is 5.75 Å². The average molecular weight is 309 g/mol. The Kier molecular flexibility index (Phi) is 5.23. The molecule has 0 aromatic heterocycles. The van der Waals surface area contributed by atoms with Crippen LogP contribution >= 0.6 is 0 Å². The summed E-state index contributed by atoms with van der Waals surface area (Å²) in [4.78, 5) is 12.0. The van der Waals surface area contributed by atoms with Crippen LogP contribution < -0.4 is 10.2 Å². The topological polar surface area (TPSA) is 61.5 Å². The minimum Gasteiger partial charge on any atom is -0.543 e. The Morgan fingerprint density at radius 1 is 1.29 bits per heavy atom. The number of carbonyl (C=O) groups is 1. The van der Waals surface area contributed by atoms with E-state index in [1.807, 2.05) is 19.1 Å².